The number of benzene rings is 1. The Morgan fingerprint density at radius 1 is 1.34 bits per heavy atom. The number of carbonyl (C=O) groups excluding carboxylic acids is 1. The van der Waals surface area contributed by atoms with Gasteiger partial charge in [0.1, 0.15) is 11.5 Å². The molecule has 0 radical (unpaired) electrons. The van der Waals surface area contributed by atoms with Gasteiger partial charge in [0.15, 0.2) is 12.4 Å². The summed E-state index contributed by atoms with van der Waals surface area (Å²) in [5.74, 6) is -0.931. The zero-order valence-electron chi connectivity index (χ0n) is 14.3. The largest absolute Gasteiger partial charge is 0.470 e. The quantitative estimate of drug-likeness (QED) is 0.614. The van der Waals surface area contributed by atoms with Gasteiger partial charge in [-0.05, 0) is 24.3 Å². The Morgan fingerprint density at radius 3 is 2.69 bits per heavy atom. The van der Waals surface area contributed by atoms with Gasteiger partial charge < -0.3 is 9.84 Å². The van der Waals surface area contributed by atoms with Gasteiger partial charge in [0.05, 0.1) is 5.02 Å². The Morgan fingerprint density at radius 2 is 2.07 bits per heavy atom. The number of aliphatic hydroxyl groups is 1. The molecule has 13 heteroatoms. The van der Waals surface area contributed by atoms with E-state index in [1.165, 1.54) is 6.20 Å². The SMILES string of the molecule is O=C(c1ccn(COc2ccc(Br)cc2Cl)n1)N1N=C(C(F)F)C[C@]1(O)C(F)F. The number of hydrogen-bond acceptors (Lipinski definition) is 5. The van der Waals surface area contributed by atoms with Gasteiger partial charge in [-0.2, -0.15) is 15.2 Å². The molecule has 1 atom stereocenters. The molecule has 2 heterocycles. The Hall–Kier alpha value is -2.18. The van der Waals surface area contributed by atoms with Crippen LogP contribution in [0.3, 0.4) is 0 Å². The summed E-state index contributed by atoms with van der Waals surface area (Å²) in [6.07, 6.45) is -6.58. The number of halogens is 6. The van der Waals surface area contributed by atoms with Gasteiger partial charge in [-0.1, -0.05) is 27.5 Å². The van der Waals surface area contributed by atoms with E-state index in [0.717, 1.165) is 15.2 Å². The van der Waals surface area contributed by atoms with Gasteiger partial charge in [-0.15, -0.1) is 0 Å². The maximum absolute atomic E-state index is 13.2. The van der Waals surface area contributed by atoms with Crippen LogP contribution in [0.15, 0.2) is 40.0 Å². The molecule has 1 aromatic heterocycles. The van der Waals surface area contributed by atoms with Crippen LogP contribution in [0, 0.1) is 0 Å². The van der Waals surface area contributed by atoms with Crippen LogP contribution in [-0.2, 0) is 6.73 Å². The summed E-state index contributed by atoms with van der Waals surface area (Å²) in [4.78, 5) is 12.5. The number of hydrogen-bond donors (Lipinski definition) is 1. The molecular weight excluding hydrogens is 488 g/mol. The lowest BCUT2D eigenvalue weighted by molar-refractivity contribution is -0.164. The molecule has 0 saturated carbocycles. The van der Waals surface area contributed by atoms with Gasteiger partial charge in [0.25, 0.3) is 18.8 Å². The lowest BCUT2D eigenvalue weighted by atomic mass is 10.1. The molecule has 0 fully saturated rings. The third-order valence-corrected chi connectivity index (χ3v) is 4.72. The summed E-state index contributed by atoms with van der Waals surface area (Å²) in [5, 5.41) is 17.3. The van der Waals surface area contributed by atoms with Gasteiger partial charge in [0, 0.05) is 17.1 Å². The van der Waals surface area contributed by atoms with Crippen molar-refractivity contribution < 1.29 is 32.2 Å². The van der Waals surface area contributed by atoms with Crippen molar-refractivity contribution >= 4 is 39.1 Å². The highest BCUT2D eigenvalue weighted by Gasteiger charge is 2.53. The summed E-state index contributed by atoms with van der Waals surface area (Å²) < 4.78 is 59.5. The smallest absolute Gasteiger partial charge is 0.297 e. The van der Waals surface area contributed by atoms with Crippen LogP contribution in [0.25, 0.3) is 0 Å². The van der Waals surface area contributed by atoms with Crippen molar-refractivity contribution in [2.45, 2.75) is 31.7 Å². The highest BCUT2D eigenvalue weighted by Crippen LogP contribution is 2.34. The van der Waals surface area contributed by atoms with E-state index >= 15 is 0 Å². The maximum Gasteiger partial charge on any atom is 0.297 e. The van der Waals surface area contributed by atoms with Crippen molar-refractivity contribution in [3.05, 3.63) is 45.7 Å². The number of rotatable bonds is 6. The van der Waals surface area contributed by atoms with Crippen molar-refractivity contribution in [1.82, 2.24) is 14.8 Å². The van der Waals surface area contributed by atoms with E-state index in [0.29, 0.717) is 10.8 Å². The number of carbonyl (C=O) groups is 1. The highest BCUT2D eigenvalue weighted by molar-refractivity contribution is 9.10. The van der Waals surface area contributed by atoms with Crippen LogP contribution in [0.2, 0.25) is 5.02 Å². The molecule has 7 nitrogen and oxygen atoms in total. The van der Waals surface area contributed by atoms with Gasteiger partial charge >= 0.3 is 0 Å². The summed E-state index contributed by atoms with van der Waals surface area (Å²) >= 11 is 9.26. The first-order valence-corrected chi connectivity index (χ1v) is 9.11. The lowest BCUT2D eigenvalue weighted by Gasteiger charge is -2.29. The first-order valence-electron chi connectivity index (χ1n) is 7.93. The van der Waals surface area contributed by atoms with E-state index in [-0.39, 0.29) is 11.7 Å². The van der Waals surface area contributed by atoms with E-state index < -0.39 is 42.3 Å². The summed E-state index contributed by atoms with van der Waals surface area (Å²) in [6, 6.07) is 6.04. The van der Waals surface area contributed by atoms with Crippen LogP contribution in [0.5, 0.6) is 5.75 Å². The first-order chi connectivity index (χ1) is 13.6. The molecule has 0 spiro atoms. The topological polar surface area (TPSA) is 80.0 Å². The fourth-order valence-corrected chi connectivity index (χ4v) is 3.22. The van der Waals surface area contributed by atoms with Crippen LogP contribution in [0.4, 0.5) is 17.6 Å². The van der Waals surface area contributed by atoms with Crippen molar-refractivity contribution in [2.75, 3.05) is 0 Å². The predicted molar refractivity (Wildman–Crippen MR) is 97.2 cm³/mol. The Balaban J connectivity index is 1.75. The van der Waals surface area contributed by atoms with Crippen molar-refractivity contribution in [1.29, 1.82) is 0 Å². The zero-order valence-corrected chi connectivity index (χ0v) is 16.6. The lowest BCUT2D eigenvalue weighted by Crippen LogP contribution is -2.51. The van der Waals surface area contributed by atoms with Gasteiger partial charge in [-0.25, -0.2) is 22.2 Å². The second-order valence-corrected chi connectivity index (χ2v) is 7.28. The normalized spacial score (nSPS) is 19.2. The van der Waals surface area contributed by atoms with E-state index in [2.05, 4.69) is 26.1 Å². The third kappa shape index (κ3) is 4.38. The van der Waals surface area contributed by atoms with Crippen LogP contribution in [-0.4, -0.2) is 50.1 Å². The minimum absolute atomic E-state index is 0.0573. The Labute approximate surface area is 174 Å². The monoisotopic (exact) mass is 498 g/mol. The maximum atomic E-state index is 13.2. The molecule has 1 aromatic carbocycles. The fraction of sp³-hybridized carbons (Fsp3) is 0.312. The number of hydrazone groups is 1. The third-order valence-electron chi connectivity index (χ3n) is 3.94. The van der Waals surface area contributed by atoms with Crippen LogP contribution >= 0.6 is 27.5 Å². The van der Waals surface area contributed by atoms with Crippen molar-refractivity contribution in [2.24, 2.45) is 5.10 Å². The van der Waals surface area contributed by atoms with E-state index in [4.69, 9.17) is 16.3 Å². The second-order valence-electron chi connectivity index (χ2n) is 5.95. The average Bonchev–Trinajstić information content (AvgIpc) is 3.26. The van der Waals surface area contributed by atoms with E-state index in [1.54, 1.807) is 18.2 Å². The average molecular weight is 500 g/mol. The molecule has 1 aliphatic heterocycles. The van der Waals surface area contributed by atoms with Gasteiger partial charge in [0.2, 0.25) is 5.72 Å². The summed E-state index contributed by atoms with van der Waals surface area (Å²) in [5.41, 5.74) is -4.59. The number of ether oxygens (including phenoxy) is 1. The molecule has 1 aliphatic rings. The number of aromatic nitrogens is 2. The zero-order chi connectivity index (χ0) is 21.3. The summed E-state index contributed by atoms with van der Waals surface area (Å²) in [7, 11) is 0. The molecule has 0 unspecified atom stereocenters. The molecule has 0 aliphatic carbocycles. The predicted octanol–water partition coefficient (Wildman–Crippen LogP) is 3.76. The molecule has 29 heavy (non-hydrogen) atoms. The molecular formula is C16H12BrClF4N4O3. The van der Waals surface area contributed by atoms with Crippen LogP contribution < -0.4 is 4.74 Å². The minimum atomic E-state index is -3.52. The molecule has 0 bridgehead atoms. The fourth-order valence-electron chi connectivity index (χ4n) is 2.49. The van der Waals surface area contributed by atoms with Crippen molar-refractivity contribution in [3.8, 4) is 5.75 Å². The Kier molecular flexibility index (Phi) is 6.15. The molecule has 1 amide bonds. The molecule has 1 N–H and O–H groups in total. The number of alkyl halides is 4. The molecule has 0 saturated heterocycles. The first kappa shape index (κ1) is 21.5. The summed E-state index contributed by atoms with van der Waals surface area (Å²) in [6.45, 7) is -0.181. The second kappa shape index (κ2) is 8.28. The van der Waals surface area contributed by atoms with E-state index in [1.807, 2.05) is 0 Å². The highest BCUT2D eigenvalue weighted by atomic mass is 79.9. The van der Waals surface area contributed by atoms with Gasteiger partial charge in [-0.3, -0.25) is 4.79 Å². The van der Waals surface area contributed by atoms with E-state index in [9.17, 15) is 27.5 Å². The molecule has 2 aromatic rings. The Bertz CT molecular complexity index is 958. The number of nitrogens with zero attached hydrogens (tertiary/aromatic N) is 4. The minimum Gasteiger partial charge on any atom is -0.470 e. The standard InChI is InChI=1S/C16H12BrClF4N4O3/c17-8-1-2-12(9(18)5-8)29-7-25-4-3-10(23-25)14(27)26-16(28,15(21)22)6-11(24-26)13(19)20/h1-5,13,15,28H,6-7H2/t16-/m0/s1. The van der Waals surface area contributed by atoms with Crippen molar-refractivity contribution in [3.63, 3.8) is 0 Å². The molecule has 156 valence electrons. The molecule has 3 rings (SSSR count). The van der Waals surface area contributed by atoms with Crippen LogP contribution in [0.1, 0.15) is 16.9 Å². The number of amides is 1.